The van der Waals surface area contributed by atoms with Gasteiger partial charge in [0.2, 0.25) is 5.91 Å². The highest BCUT2D eigenvalue weighted by molar-refractivity contribution is 5.87. The standard InChI is InChI=1S/C28H33F3N2O2/c29-28(30,31)25(7-8-25)24(35)33-15-18-13-26-6-5-21(33)23(18)27(26)9-10-32(14-16-1-2-16)22(26)11-17-3-4-19(34)12-20(17)27/h3-4,12,16,18,21-23,34H,1-2,5-11,13-15H2/t18-,21?,22?,23?,26?,27?/m1/s1. The molecule has 7 aliphatic rings. The third-order valence-electron chi connectivity index (χ3n) is 11.7. The maximum Gasteiger partial charge on any atom is 0.403 e. The largest absolute Gasteiger partial charge is 0.508 e. The number of hydrogen-bond acceptors (Lipinski definition) is 3. The highest BCUT2D eigenvalue weighted by Gasteiger charge is 2.78. The van der Waals surface area contributed by atoms with Crippen LogP contribution in [-0.2, 0) is 16.6 Å². The zero-order chi connectivity index (χ0) is 24.0. The Labute approximate surface area is 203 Å². The first kappa shape index (κ1) is 21.3. The number of piperidine rings is 1. The molecule has 188 valence electrons. The Morgan fingerprint density at radius 2 is 1.91 bits per heavy atom. The predicted octanol–water partition coefficient (Wildman–Crippen LogP) is 4.64. The molecular weight excluding hydrogens is 453 g/mol. The monoisotopic (exact) mass is 486 g/mol. The minimum absolute atomic E-state index is 0.0577. The average Bonchev–Trinajstić information content (AvgIpc) is 3.71. The van der Waals surface area contributed by atoms with E-state index in [2.05, 4.69) is 11.0 Å². The predicted molar refractivity (Wildman–Crippen MR) is 123 cm³/mol. The first-order valence-corrected chi connectivity index (χ1v) is 13.6. The smallest absolute Gasteiger partial charge is 0.403 e. The number of likely N-dealkylation sites (tertiary alicyclic amines) is 2. The summed E-state index contributed by atoms with van der Waals surface area (Å²) in [6.45, 7) is 2.68. The van der Waals surface area contributed by atoms with Crippen molar-refractivity contribution in [1.82, 2.24) is 9.80 Å². The number of halogens is 3. The molecule has 1 N–H and O–H groups in total. The van der Waals surface area contributed by atoms with Gasteiger partial charge in [0.05, 0.1) is 0 Å². The molecule has 8 rings (SSSR count). The van der Waals surface area contributed by atoms with Crippen LogP contribution in [-0.4, -0.2) is 58.7 Å². The van der Waals surface area contributed by atoms with Crippen LogP contribution < -0.4 is 0 Å². The number of phenols is 1. The molecule has 5 unspecified atom stereocenters. The lowest BCUT2D eigenvalue weighted by Gasteiger charge is -2.66. The fourth-order valence-corrected chi connectivity index (χ4v) is 10.2. The molecular formula is C28H33F3N2O2. The van der Waals surface area contributed by atoms with Crippen LogP contribution in [0, 0.1) is 28.6 Å². The van der Waals surface area contributed by atoms with Gasteiger partial charge in [-0.25, -0.2) is 0 Å². The van der Waals surface area contributed by atoms with Crippen LogP contribution in [0.5, 0.6) is 5.75 Å². The minimum atomic E-state index is -4.46. The van der Waals surface area contributed by atoms with E-state index in [-0.39, 0.29) is 47.3 Å². The maximum atomic E-state index is 13.9. The molecule has 4 bridgehead atoms. The highest BCUT2D eigenvalue weighted by atomic mass is 19.4. The number of phenolic OH excluding ortho intramolecular Hbond substituents is 1. The summed E-state index contributed by atoms with van der Waals surface area (Å²) >= 11 is 0. The number of hydrogen-bond donors (Lipinski definition) is 1. The van der Waals surface area contributed by atoms with Crippen LogP contribution in [0.2, 0.25) is 0 Å². The minimum Gasteiger partial charge on any atom is -0.508 e. The van der Waals surface area contributed by atoms with E-state index in [0.717, 1.165) is 44.6 Å². The van der Waals surface area contributed by atoms with Crippen molar-refractivity contribution in [3.05, 3.63) is 29.3 Å². The Balaban J connectivity index is 1.24. The second kappa shape index (κ2) is 6.38. The zero-order valence-corrected chi connectivity index (χ0v) is 20.0. The zero-order valence-electron chi connectivity index (χ0n) is 20.0. The van der Waals surface area contributed by atoms with Crippen LogP contribution in [0.1, 0.15) is 62.5 Å². The van der Waals surface area contributed by atoms with Gasteiger partial charge in [-0.15, -0.1) is 0 Å². The van der Waals surface area contributed by atoms with Crippen molar-refractivity contribution >= 4 is 5.91 Å². The fourth-order valence-electron chi connectivity index (χ4n) is 10.2. The van der Waals surface area contributed by atoms with Gasteiger partial charge in [-0.1, -0.05) is 6.07 Å². The molecule has 7 heteroatoms. The van der Waals surface area contributed by atoms with Gasteiger partial charge in [-0.3, -0.25) is 9.69 Å². The summed E-state index contributed by atoms with van der Waals surface area (Å²) in [5.41, 5.74) is 0.411. The molecule has 35 heavy (non-hydrogen) atoms. The SMILES string of the molecule is O=C(N1C[C@H]2CC34CCC1C2C31CCN(CC2CC2)C4Cc2ccc(O)cc21)C1(C(F)(F)F)CC1. The van der Waals surface area contributed by atoms with Gasteiger partial charge in [0.25, 0.3) is 0 Å². The lowest BCUT2D eigenvalue weighted by molar-refractivity contribution is -0.200. The van der Waals surface area contributed by atoms with E-state index in [4.69, 9.17) is 0 Å². The molecule has 4 saturated carbocycles. The van der Waals surface area contributed by atoms with E-state index >= 15 is 0 Å². The lowest BCUT2D eigenvalue weighted by Crippen LogP contribution is -2.70. The van der Waals surface area contributed by atoms with Crippen LogP contribution in [0.25, 0.3) is 0 Å². The molecule has 2 heterocycles. The normalized spacial score (nSPS) is 42.5. The van der Waals surface area contributed by atoms with Crippen molar-refractivity contribution in [3.63, 3.8) is 0 Å². The van der Waals surface area contributed by atoms with E-state index in [1.165, 1.54) is 30.5 Å². The summed E-state index contributed by atoms with van der Waals surface area (Å²) in [7, 11) is 0. The van der Waals surface area contributed by atoms with Crippen LogP contribution in [0.4, 0.5) is 13.2 Å². The van der Waals surface area contributed by atoms with E-state index < -0.39 is 17.5 Å². The summed E-state index contributed by atoms with van der Waals surface area (Å²) in [4.78, 5) is 17.9. The molecule has 6 fully saturated rings. The number of alkyl halides is 3. The number of carbonyl (C=O) groups is 1. The fraction of sp³-hybridized carbons (Fsp3) is 0.750. The molecule has 0 aromatic heterocycles. The van der Waals surface area contributed by atoms with Gasteiger partial charge >= 0.3 is 6.18 Å². The third kappa shape index (κ3) is 2.43. The maximum absolute atomic E-state index is 13.9. The van der Waals surface area contributed by atoms with Gasteiger partial charge in [-0.2, -0.15) is 13.2 Å². The summed E-state index contributed by atoms with van der Waals surface area (Å²) in [6.07, 6.45) is 2.91. The second-order valence-corrected chi connectivity index (χ2v) is 13.0. The summed E-state index contributed by atoms with van der Waals surface area (Å²) in [6, 6.07) is 6.23. The molecule has 4 nitrogen and oxygen atoms in total. The Morgan fingerprint density at radius 1 is 1.11 bits per heavy atom. The number of rotatable bonds is 3. The number of fused-ring (bicyclic) bond motifs is 1. The lowest BCUT2D eigenvalue weighted by atomic mass is 9.43. The molecule has 1 amide bonds. The number of nitrogens with zero attached hydrogens (tertiary/aromatic N) is 2. The third-order valence-corrected chi connectivity index (χ3v) is 11.7. The van der Waals surface area contributed by atoms with Crippen molar-refractivity contribution in [2.24, 2.45) is 28.6 Å². The second-order valence-electron chi connectivity index (χ2n) is 13.0. The molecule has 2 aliphatic heterocycles. The van der Waals surface area contributed by atoms with Gasteiger partial charge in [0.15, 0.2) is 0 Å². The van der Waals surface area contributed by atoms with Gasteiger partial charge in [0.1, 0.15) is 11.2 Å². The molecule has 5 aliphatic carbocycles. The van der Waals surface area contributed by atoms with Gasteiger partial charge in [0, 0.05) is 30.6 Å². The number of carbonyl (C=O) groups excluding carboxylic acids is 1. The van der Waals surface area contributed by atoms with Crippen LogP contribution in [0.15, 0.2) is 18.2 Å². The Bertz CT molecular complexity index is 1130. The van der Waals surface area contributed by atoms with Crippen molar-refractivity contribution in [1.29, 1.82) is 0 Å². The molecule has 1 aromatic rings. The molecule has 0 radical (unpaired) electrons. The Morgan fingerprint density at radius 3 is 2.63 bits per heavy atom. The summed E-state index contributed by atoms with van der Waals surface area (Å²) in [5.74, 6) is 0.916. The van der Waals surface area contributed by atoms with Crippen LogP contribution >= 0.6 is 0 Å². The molecule has 0 spiro atoms. The number of aromatic hydroxyl groups is 1. The van der Waals surface area contributed by atoms with E-state index in [1.807, 2.05) is 6.07 Å². The number of amides is 1. The van der Waals surface area contributed by atoms with Crippen molar-refractivity contribution < 1.29 is 23.1 Å². The quantitative estimate of drug-likeness (QED) is 0.677. The van der Waals surface area contributed by atoms with Crippen molar-refractivity contribution in [2.75, 3.05) is 19.6 Å². The summed E-state index contributed by atoms with van der Waals surface area (Å²) < 4.78 is 41.7. The first-order valence-electron chi connectivity index (χ1n) is 13.6. The topological polar surface area (TPSA) is 43.8 Å². The average molecular weight is 487 g/mol. The van der Waals surface area contributed by atoms with Crippen LogP contribution in [0.3, 0.4) is 0 Å². The Hall–Kier alpha value is -1.76. The highest BCUT2D eigenvalue weighted by Crippen LogP contribution is 2.76. The first-order chi connectivity index (χ1) is 16.7. The van der Waals surface area contributed by atoms with Crippen molar-refractivity contribution in [3.8, 4) is 5.75 Å². The van der Waals surface area contributed by atoms with E-state index in [0.29, 0.717) is 12.6 Å². The number of benzene rings is 1. The van der Waals surface area contributed by atoms with Gasteiger partial charge < -0.3 is 10.0 Å². The van der Waals surface area contributed by atoms with Gasteiger partial charge in [-0.05, 0) is 111 Å². The molecule has 2 saturated heterocycles. The van der Waals surface area contributed by atoms with E-state index in [1.54, 1.807) is 11.0 Å². The molecule has 1 aromatic carbocycles. The Kier molecular flexibility index (Phi) is 3.89. The molecule has 6 atom stereocenters. The van der Waals surface area contributed by atoms with Crippen molar-refractivity contribution in [2.45, 2.75) is 81.5 Å². The van der Waals surface area contributed by atoms with E-state index in [9.17, 15) is 23.1 Å². The summed E-state index contributed by atoms with van der Waals surface area (Å²) in [5, 5.41) is 10.5.